The van der Waals surface area contributed by atoms with Crippen molar-refractivity contribution >= 4 is 5.82 Å². The van der Waals surface area contributed by atoms with Crippen LogP contribution in [0.1, 0.15) is 22.6 Å². The SMILES string of the molecule is Cc1cccc(Cc2nc(C)c(F)c(N)n2)c1. The fourth-order valence-corrected chi connectivity index (χ4v) is 1.72. The number of hydrogen-bond acceptors (Lipinski definition) is 3. The van der Waals surface area contributed by atoms with Crippen LogP contribution in [0.25, 0.3) is 0 Å². The first kappa shape index (κ1) is 11.5. The van der Waals surface area contributed by atoms with E-state index in [1.54, 1.807) is 6.92 Å². The van der Waals surface area contributed by atoms with Crippen molar-refractivity contribution in [1.82, 2.24) is 9.97 Å². The second-order valence-electron chi connectivity index (χ2n) is 4.09. The Labute approximate surface area is 99.5 Å². The van der Waals surface area contributed by atoms with Crippen molar-refractivity contribution in [2.24, 2.45) is 0 Å². The summed E-state index contributed by atoms with van der Waals surface area (Å²) in [6, 6.07) is 8.04. The molecule has 0 aliphatic carbocycles. The van der Waals surface area contributed by atoms with Gasteiger partial charge in [-0.2, -0.15) is 0 Å². The van der Waals surface area contributed by atoms with Crippen LogP contribution in [-0.2, 0) is 6.42 Å². The molecule has 2 rings (SSSR count). The molecular formula is C13H14FN3. The monoisotopic (exact) mass is 231 g/mol. The Morgan fingerprint density at radius 3 is 2.65 bits per heavy atom. The summed E-state index contributed by atoms with van der Waals surface area (Å²) in [5.74, 6) is -0.0647. The van der Waals surface area contributed by atoms with Gasteiger partial charge in [0, 0.05) is 6.42 Å². The number of nitrogens with zero attached hydrogens (tertiary/aromatic N) is 2. The molecule has 0 bridgehead atoms. The van der Waals surface area contributed by atoms with E-state index in [1.807, 2.05) is 25.1 Å². The van der Waals surface area contributed by atoms with Crippen molar-refractivity contribution in [2.75, 3.05) is 5.73 Å². The maximum Gasteiger partial charge on any atom is 0.186 e. The summed E-state index contributed by atoms with van der Waals surface area (Å²) >= 11 is 0. The van der Waals surface area contributed by atoms with Crippen LogP contribution in [0.2, 0.25) is 0 Å². The summed E-state index contributed by atoms with van der Waals surface area (Å²) in [6.45, 7) is 3.61. The quantitative estimate of drug-likeness (QED) is 0.863. The van der Waals surface area contributed by atoms with Crippen LogP contribution in [0.5, 0.6) is 0 Å². The zero-order valence-corrected chi connectivity index (χ0v) is 9.87. The minimum absolute atomic E-state index is 0.0832. The summed E-state index contributed by atoms with van der Waals surface area (Å²) in [6.07, 6.45) is 0.562. The number of anilines is 1. The summed E-state index contributed by atoms with van der Waals surface area (Å²) in [7, 11) is 0. The van der Waals surface area contributed by atoms with E-state index in [0.29, 0.717) is 17.9 Å². The van der Waals surface area contributed by atoms with Gasteiger partial charge in [0.15, 0.2) is 11.6 Å². The Morgan fingerprint density at radius 1 is 1.24 bits per heavy atom. The van der Waals surface area contributed by atoms with Crippen LogP contribution >= 0.6 is 0 Å². The lowest BCUT2D eigenvalue weighted by Crippen LogP contribution is -2.06. The second kappa shape index (κ2) is 4.49. The molecule has 0 saturated carbocycles. The molecule has 17 heavy (non-hydrogen) atoms. The zero-order chi connectivity index (χ0) is 12.4. The Kier molecular flexibility index (Phi) is 3.04. The Hall–Kier alpha value is -1.97. The maximum absolute atomic E-state index is 13.3. The minimum atomic E-state index is -0.530. The van der Waals surface area contributed by atoms with Crippen molar-refractivity contribution in [3.05, 3.63) is 52.7 Å². The molecular weight excluding hydrogens is 217 g/mol. The highest BCUT2D eigenvalue weighted by atomic mass is 19.1. The van der Waals surface area contributed by atoms with Crippen LogP contribution < -0.4 is 5.73 Å². The Bertz CT molecular complexity index is 529. The van der Waals surface area contributed by atoms with Gasteiger partial charge in [-0.1, -0.05) is 29.8 Å². The molecule has 0 fully saturated rings. The highest BCUT2D eigenvalue weighted by Gasteiger charge is 2.08. The van der Waals surface area contributed by atoms with E-state index in [0.717, 1.165) is 5.56 Å². The number of rotatable bonds is 2. The van der Waals surface area contributed by atoms with Crippen molar-refractivity contribution < 1.29 is 4.39 Å². The summed E-state index contributed by atoms with van der Waals surface area (Å²) in [5.41, 5.74) is 8.04. The highest BCUT2D eigenvalue weighted by Crippen LogP contribution is 2.13. The van der Waals surface area contributed by atoms with Crippen molar-refractivity contribution in [1.29, 1.82) is 0 Å². The molecule has 0 radical (unpaired) electrons. The van der Waals surface area contributed by atoms with E-state index >= 15 is 0 Å². The van der Waals surface area contributed by atoms with E-state index in [2.05, 4.69) is 16.0 Å². The molecule has 1 heterocycles. The van der Waals surface area contributed by atoms with E-state index in [1.165, 1.54) is 5.56 Å². The van der Waals surface area contributed by atoms with Gasteiger partial charge in [0.2, 0.25) is 0 Å². The third-order valence-corrected chi connectivity index (χ3v) is 2.53. The highest BCUT2D eigenvalue weighted by molar-refractivity contribution is 5.33. The predicted molar refractivity (Wildman–Crippen MR) is 65.1 cm³/mol. The van der Waals surface area contributed by atoms with Crippen molar-refractivity contribution in [3.8, 4) is 0 Å². The normalized spacial score (nSPS) is 10.5. The van der Waals surface area contributed by atoms with Crippen LogP contribution in [0.3, 0.4) is 0 Å². The average molecular weight is 231 g/mol. The standard InChI is InChI=1S/C13H14FN3/c1-8-4-3-5-10(6-8)7-11-16-9(2)12(14)13(15)17-11/h3-6H,7H2,1-2H3,(H2,15,16,17). The molecule has 0 atom stereocenters. The minimum Gasteiger partial charge on any atom is -0.381 e. The molecule has 4 heteroatoms. The lowest BCUT2D eigenvalue weighted by molar-refractivity contribution is 0.603. The van der Waals surface area contributed by atoms with Gasteiger partial charge < -0.3 is 5.73 Å². The Balaban J connectivity index is 2.31. The van der Waals surface area contributed by atoms with E-state index in [-0.39, 0.29) is 5.82 Å². The van der Waals surface area contributed by atoms with Gasteiger partial charge in [0.1, 0.15) is 5.82 Å². The number of nitrogen functional groups attached to an aromatic ring is 1. The van der Waals surface area contributed by atoms with Gasteiger partial charge in [-0.3, -0.25) is 0 Å². The van der Waals surface area contributed by atoms with Gasteiger partial charge in [-0.25, -0.2) is 14.4 Å². The topological polar surface area (TPSA) is 51.8 Å². The molecule has 3 nitrogen and oxygen atoms in total. The molecule has 2 N–H and O–H groups in total. The average Bonchev–Trinajstić information content (AvgIpc) is 2.26. The van der Waals surface area contributed by atoms with Crippen molar-refractivity contribution in [2.45, 2.75) is 20.3 Å². The molecule has 0 saturated heterocycles. The number of aromatic nitrogens is 2. The van der Waals surface area contributed by atoms with E-state index in [9.17, 15) is 4.39 Å². The van der Waals surface area contributed by atoms with Gasteiger partial charge >= 0.3 is 0 Å². The largest absolute Gasteiger partial charge is 0.381 e. The lowest BCUT2D eigenvalue weighted by Gasteiger charge is -2.05. The third kappa shape index (κ3) is 2.58. The molecule has 0 amide bonds. The number of nitrogens with two attached hydrogens (primary N) is 1. The number of aryl methyl sites for hydroxylation is 2. The van der Waals surface area contributed by atoms with Gasteiger partial charge in [-0.15, -0.1) is 0 Å². The molecule has 88 valence electrons. The molecule has 0 spiro atoms. The summed E-state index contributed by atoms with van der Waals surface area (Å²) < 4.78 is 13.3. The molecule has 0 aliphatic rings. The third-order valence-electron chi connectivity index (χ3n) is 2.53. The van der Waals surface area contributed by atoms with Crippen molar-refractivity contribution in [3.63, 3.8) is 0 Å². The van der Waals surface area contributed by atoms with Gasteiger partial charge in [-0.05, 0) is 19.4 Å². The predicted octanol–water partition coefficient (Wildman–Crippen LogP) is 2.41. The fourth-order valence-electron chi connectivity index (χ4n) is 1.72. The van der Waals surface area contributed by atoms with Gasteiger partial charge in [0.05, 0.1) is 5.69 Å². The van der Waals surface area contributed by atoms with Crippen LogP contribution in [0, 0.1) is 19.7 Å². The first-order valence-electron chi connectivity index (χ1n) is 5.40. The first-order chi connectivity index (χ1) is 8.06. The van der Waals surface area contributed by atoms with Gasteiger partial charge in [0.25, 0.3) is 0 Å². The summed E-state index contributed by atoms with van der Waals surface area (Å²) in [4.78, 5) is 8.04. The molecule has 1 aromatic carbocycles. The van der Waals surface area contributed by atoms with E-state index in [4.69, 9.17) is 5.73 Å². The maximum atomic E-state index is 13.3. The van der Waals surface area contributed by atoms with E-state index < -0.39 is 5.82 Å². The lowest BCUT2D eigenvalue weighted by atomic mass is 10.1. The fraction of sp³-hybridized carbons (Fsp3) is 0.231. The first-order valence-corrected chi connectivity index (χ1v) is 5.40. The van der Waals surface area contributed by atoms with Crippen LogP contribution in [-0.4, -0.2) is 9.97 Å². The Morgan fingerprint density at radius 2 is 2.00 bits per heavy atom. The number of hydrogen-bond donors (Lipinski definition) is 1. The molecule has 2 aromatic rings. The summed E-state index contributed by atoms with van der Waals surface area (Å²) in [5, 5.41) is 0. The van der Waals surface area contributed by atoms with Crippen LogP contribution in [0.4, 0.5) is 10.2 Å². The van der Waals surface area contributed by atoms with Crippen LogP contribution in [0.15, 0.2) is 24.3 Å². The second-order valence-corrected chi connectivity index (χ2v) is 4.09. The smallest absolute Gasteiger partial charge is 0.186 e. The molecule has 0 unspecified atom stereocenters. The number of halogens is 1. The zero-order valence-electron chi connectivity index (χ0n) is 9.87. The molecule has 0 aliphatic heterocycles. The number of benzene rings is 1. The molecule has 1 aromatic heterocycles.